The Hall–Kier alpha value is -3.32. The number of benzene rings is 3. The molecule has 0 radical (unpaired) electrons. The Kier molecular flexibility index (Phi) is 5.37. The van der Waals surface area contributed by atoms with Crippen molar-refractivity contribution in [3.05, 3.63) is 77.9 Å². The van der Waals surface area contributed by atoms with E-state index in [1.165, 1.54) is 4.90 Å². The van der Waals surface area contributed by atoms with Crippen LogP contribution in [0.25, 0.3) is 10.8 Å². The molecule has 2 unspecified atom stereocenters. The van der Waals surface area contributed by atoms with Gasteiger partial charge in [0, 0.05) is 25.6 Å². The molecule has 0 aromatic heterocycles. The number of carbonyl (C=O) groups excluding carboxylic acids is 1. The van der Waals surface area contributed by atoms with Gasteiger partial charge in [-0.1, -0.05) is 60.7 Å². The third-order valence-corrected chi connectivity index (χ3v) is 5.24. The molecule has 4 nitrogen and oxygen atoms in total. The number of hydrogen-bond acceptors (Lipinski definition) is 3. The van der Waals surface area contributed by atoms with Gasteiger partial charge in [0.25, 0.3) is 0 Å². The normalized spacial score (nSPS) is 14.0. The summed E-state index contributed by atoms with van der Waals surface area (Å²) in [7, 11) is 4.97. The van der Waals surface area contributed by atoms with E-state index >= 15 is 0 Å². The highest BCUT2D eigenvalue weighted by molar-refractivity contribution is 5.91. The van der Waals surface area contributed by atoms with Crippen molar-refractivity contribution in [3.63, 3.8) is 0 Å². The van der Waals surface area contributed by atoms with Gasteiger partial charge in [-0.3, -0.25) is 4.79 Å². The second-order valence-corrected chi connectivity index (χ2v) is 7.26. The molecule has 3 aromatic rings. The predicted molar refractivity (Wildman–Crippen MR) is 111 cm³/mol. The SMILES string of the molecule is COc1ccccc1C(c1cccc2ccccc12)C(C)(C#N)C(=O)N(C)C. The number of rotatable bonds is 5. The number of nitrogens with zero attached hydrogens (tertiary/aromatic N) is 2. The second-order valence-electron chi connectivity index (χ2n) is 7.26. The lowest BCUT2D eigenvalue weighted by Crippen LogP contribution is -2.42. The summed E-state index contributed by atoms with van der Waals surface area (Å²) in [6.07, 6.45) is 0. The van der Waals surface area contributed by atoms with Crippen LogP contribution in [0.4, 0.5) is 0 Å². The summed E-state index contributed by atoms with van der Waals surface area (Å²) in [6.45, 7) is 1.72. The standard InChI is InChI=1S/C24H24N2O2/c1-24(16-25,23(27)26(2)3)22(20-13-7-8-15-21(20)28-4)19-14-9-11-17-10-5-6-12-18(17)19/h5-15,22H,1-4H3. The molecular weight excluding hydrogens is 348 g/mol. The number of para-hydroxylation sites is 1. The number of ether oxygens (including phenoxy) is 1. The van der Waals surface area contributed by atoms with Crippen LogP contribution in [0, 0.1) is 16.7 Å². The maximum Gasteiger partial charge on any atom is 0.243 e. The minimum Gasteiger partial charge on any atom is -0.496 e. The van der Waals surface area contributed by atoms with Crippen molar-refractivity contribution in [2.75, 3.05) is 21.2 Å². The van der Waals surface area contributed by atoms with Gasteiger partial charge in [-0.25, -0.2) is 0 Å². The molecule has 0 heterocycles. The Balaban J connectivity index is 2.38. The fourth-order valence-corrected chi connectivity index (χ4v) is 3.90. The Morgan fingerprint density at radius 1 is 1.00 bits per heavy atom. The molecule has 0 aliphatic rings. The van der Waals surface area contributed by atoms with Crippen LogP contribution in [0.1, 0.15) is 24.0 Å². The smallest absolute Gasteiger partial charge is 0.243 e. The lowest BCUT2D eigenvalue weighted by Gasteiger charge is -2.34. The van der Waals surface area contributed by atoms with Gasteiger partial charge in [-0.05, 0) is 29.3 Å². The molecule has 0 aliphatic carbocycles. The van der Waals surface area contributed by atoms with Crippen LogP contribution in [-0.4, -0.2) is 32.0 Å². The molecule has 2 atom stereocenters. The summed E-state index contributed by atoms with van der Waals surface area (Å²) in [6, 6.07) is 24.0. The van der Waals surface area contributed by atoms with E-state index in [1.54, 1.807) is 28.1 Å². The van der Waals surface area contributed by atoms with Crippen LogP contribution in [0.5, 0.6) is 5.75 Å². The second kappa shape index (κ2) is 7.74. The van der Waals surface area contributed by atoms with Crippen LogP contribution in [0.3, 0.4) is 0 Å². The number of amides is 1. The van der Waals surface area contributed by atoms with Crippen molar-refractivity contribution in [3.8, 4) is 11.8 Å². The largest absolute Gasteiger partial charge is 0.496 e. The molecule has 142 valence electrons. The summed E-state index contributed by atoms with van der Waals surface area (Å²) in [4.78, 5) is 14.7. The van der Waals surface area contributed by atoms with E-state index in [2.05, 4.69) is 6.07 Å². The summed E-state index contributed by atoms with van der Waals surface area (Å²) >= 11 is 0. The van der Waals surface area contributed by atoms with Gasteiger partial charge in [0.2, 0.25) is 5.91 Å². The van der Waals surface area contributed by atoms with Crippen LogP contribution in [0.15, 0.2) is 66.7 Å². The third kappa shape index (κ3) is 3.20. The molecule has 28 heavy (non-hydrogen) atoms. The first-order chi connectivity index (χ1) is 13.4. The molecule has 0 bridgehead atoms. The van der Waals surface area contributed by atoms with Gasteiger partial charge in [0.05, 0.1) is 13.2 Å². The lowest BCUT2D eigenvalue weighted by atomic mass is 9.68. The van der Waals surface area contributed by atoms with Crippen LogP contribution < -0.4 is 4.74 Å². The van der Waals surface area contributed by atoms with E-state index in [0.717, 1.165) is 21.9 Å². The molecule has 3 aromatic carbocycles. The molecule has 0 saturated carbocycles. The Labute approximate surface area is 166 Å². The monoisotopic (exact) mass is 372 g/mol. The van der Waals surface area contributed by atoms with Crippen molar-refractivity contribution in [1.82, 2.24) is 4.90 Å². The van der Waals surface area contributed by atoms with Gasteiger partial charge in [-0.15, -0.1) is 0 Å². The first-order valence-corrected chi connectivity index (χ1v) is 9.17. The van der Waals surface area contributed by atoms with Crippen molar-refractivity contribution < 1.29 is 9.53 Å². The first-order valence-electron chi connectivity index (χ1n) is 9.17. The van der Waals surface area contributed by atoms with E-state index in [0.29, 0.717) is 5.75 Å². The molecule has 0 N–H and O–H groups in total. The molecular formula is C24H24N2O2. The number of methoxy groups -OCH3 is 1. The zero-order chi connectivity index (χ0) is 20.3. The highest BCUT2D eigenvalue weighted by atomic mass is 16.5. The summed E-state index contributed by atoms with van der Waals surface area (Å²) in [5.41, 5.74) is 0.449. The number of nitriles is 1. The average molecular weight is 372 g/mol. The first kappa shape index (κ1) is 19.4. The molecule has 1 amide bonds. The summed E-state index contributed by atoms with van der Waals surface area (Å²) in [5.74, 6) is -0.0676. The van der Waals surface area contributed by atoms with Gasteiger partial charge in [0.15, 0.2) is 0 Å². The van der Waals surface area contributed by atoms with Gasteiger partial charge < -0.3 is 9.64 Å². The van der Waals surface area contributed by atoms with E-state index in [4.69, 9.17) is 4.74 Å². The molecule has 0 saturated heterocycles. The quantitative estimate of drug-likeness (QED) is 0.658. The average Bonchev–Trinajstić information content (AvgIpc) is 2.73. The van der Waals surface area contributed by atoms with E-state index < -0.39 is 11.3 Å². The van der Waals surface area contributed by atoms with Crippen molar-refractivity contribution in [2.24, 2.45) is 5.41 Å². The van der Waals surface area contributed by atoms with Crippen molar-refractivity contribution >= 4 is 16.7 Å². The highest BCUT2D eigenvalue weighted by Crippen LogP contribution is 2.47. The van der Waals surface area contributed by atoms with Crippen LogP contribution in [0.2, 0.25) is 0 Å². The molecule has 3 rings (SSSR count). The molecule has 4 heteroatoms. The molecule has 0 fully saturated rings. The maximum atomic E-state index is 13.2. The fraction of sp³-hybridized carbons (Fsp3) is 0.250. The number of fused-ring (bicyclic) bond motifs is 1. The minimum absolute atomic E-state index is 0.237. The van der Waals surface area contributed by atoms with Gasteiger partial charge >= 0.3 is 0 Å². The predicted octanol–water partition coefficient (Wildman–Crippen LogP) is 4.60. The van der Waals surface area contributed by atoms with Gasteiger partial charge in [0.1, 0.15) is 11.2 Å². The topological polar surface area (TPSA) is 53.3 Å². The van der Waals surface area contributed by atoms with Crippen molar-refractivity contribution in [1.29, 1.82) is 5.26 Å². The zero-order valence-corrected chi connectivity index (χ0v) is 16.6. The highest BCUT2D eigenvalue weighted by Gasteiger charge is 2.46. The van der Waals surface area contributed by atoms with E-state index in [-0.39, 0.29) is 5.91 Å². The van der Waals surface area contributed by atoms with Crippen LogP contribution >= 0.6 is 0 Å². The van der Waals surface area contributed by atoms with Crippen LogP contribution in [-0.2, 0) is 4.79 Å². The molecule has 0 spiro atoms. The summed E-state index contributed by atoms with van der Waals surface area (Å²) in [5, 5.41) is 12.3. The maximum absolute atomic E-state index is 13.2. The van der Waals surface area contributed by atoms with E-state index in [9.17, 15) is 10.1 Å². The van der Waals surface area contributed by atoms with E-state index in [1.807, 2.05) is 66.7 Å². The van der Waals surface area contributed by atoms with Gasteiger partial charge in [-0.2, -0.15) is 5.26 Å². The number of hydrogen-bond donors (Lipinski definition) is 0. The van der Waals surface area contributed by atoms with Crippen molar-refractivity contribution in [2.45, 2.75) is 12.8 Å². The minimum atomic E-state index is -1.30. The molecule has 0 aliphatic heterocycles. The Bertz CT molecular complexity index is 1050. The third-order valence-electron chi connectivity index (χ3n) is 5.24. The lowest BCUT2D eigenvalue weighted by molar-refractivity contribution is -0.136. The summed E-state index contributed by atoms with van der Waals surface area (Å²) < 4.78 is 5.61. The Morgan fingerprint density at radius 2 is 1.61 bits per heavy atom. The zero-order valence-electron chi connectivity index (χ0n) is 16.6. The Morgan fingerprint density at radius 3 is 2.29 bits per heavy atom. The number of carbonyl (C=O) groups is 1. The fourth-order valence-electron chi connectivity index (χ4n) is 3.90.